The molecule has 0 heterocycles. The number of unbranched alkanes of at least 4 members (excludes halogenated alkanes) is 1. The minimum absolute atomic E-state index is 0. The number of nitrogens with zero attached hydrogens (tertiary/aromatic N) is 1. The van der Waals surface area contributed by atoms with Gasteiger partial charge in [-0.1, -0.05) is 11.6 Å². The van der Waals surface area contributed by atoms with Gasteiger partial charge in [-0.2, -0.15) is 5.26 Å². The summed E-state index contributed by atoms with van der Waals surface area (Å²) in [5.41, 5.74) is 5.56. The predicted octanol–water partition coefficient (Wildman–Crippen LogP) is 1.65. The van der Waals surface area contributed by atoms with Crippen molar-refractivity contribution in [1.29, 1.82) is 5.26 Å². The van der Waals surface area contributed by atoms with E-state index < -0.39 is 10.0 Å². The zero-order valence-corrected chi connectivity index (χ0v) is 12.5. The molecule has 0 aliphatic heterocycles. The lowest BCUT2D eigenvalue weighted by Crippen LogP contribution is -2.25. The highest BCUT2D eigenvalue weighted by atomic mass is 35.5. The first kappa shape index (κ1) is 18.2. The summed E-state index contributed by atoms with van der Waals surface area (Å²) in [6.07, 6.45) is 1.44. The van der Waals surface area contributed by atoms with Gasteiger partial charge in [0.05, 0.1) is 15.5 Å². The molecule has 0 unspecified atom stereocenters. The first-order valence-electron chi connectivity index (χ1n) is 5.40. The van der Waals surface area contributed by atoms with Crippen molar-refractivity contribution < 1.29 is 8.42 Å². The quantitative estimate of drug-likeness (QED) is 0.778. The largest absolute Gasteiger partial charge is 0.330 e. The second-order valence-corrected chi connectivity index (χ2v) is 5.82. The van der Waals surface area contributed by atoms with Crippen molar-refractivity contribution in [3.8, 4) is 6.07 Å². The lowest BCUT2D eigenvalue weighted by Gasteiger charge is -2.07. The number of benzene rings is 1. The van der Waals surface area contributed by atoms with Crippen molar-refractivity contribution in [1.82, 2.24) is 4.72 Å². The van der Waals surface area contributed by atoms with Gasteiger partial charge >= 0.3 is 0 Å². The maximum absolute atomic E-state index is 11.9. The van der Waals surface area contributed by atoms with Crippen molar-refractivity contribution in [3.63, 3.8) is 0 Å². The van der Waals surface area contributed by atoms with Gasteiger partial charge in [0.2, 0.25) is 10.0 Å². The Morgan fingerprint density at radius 1 is 1.37 bits per heavy atom. The van der Waals surface area contributed by atoms with E-state index in [4.69, 9.17) is 22.6 Å². The second-order valence-electron chi connectivity index (χ2n) is 3.65. The summed E-state index contributed by atoms with van der Waals surface area (Å²) in [5, 5.41) is 8.83. The molecule has 0 saturated heterocycles. The third-order valence-electron chi connectivity index (χ3n) is 2.29. The Morgan fingerprint density at radius 3 is 2.58 bits per heavy atom. The highest BCUT2D eigenvalue weighted by Crippen LogP contribution is 2.19. The van der Waals surface area contributed by atoms with E-state index in [2.05, 4.69) is 4.72 Å². The van der Waals surface area contributed by atoms with Gasteiger partial charge in [0.15, 0.2) is 0 Å². The third kappa shape index (κ3) is 5.35. The van der Waals surface area contributed by atoms with Crippen LogP contribution >= 0.6 is 24.0 Å². The number of sulfonamides is 1. The third-order valence-corrected chi connectivity index (χ3v) is 4.07. The van der Waals surface area contributed by atoms with Crippen LogP contribution in [0.1, 0.15) is 18.4 Å². The molecule has 1 aromatic rings. The second kappa shape index (κ2) is 8.35. The van der Waals surface area contributed by atoms with Crippen molar-refractivity contribution >= 4 is 34.0 Å². The van der Waals surface area contributed by atoms with Gasteiger partial charge in [0, 0.05) is 6.54 Å². The maximum Gasteiger partial charge on any atom is 0.240 e. The van der Waals surface area contributed by atoms with Gasteiger partial charge in [-0.15, -0.1) is 12.4 Å². The van der Waals surface area contributed by atoms with Crippen LogP contribution in [0.4, 0.5) is 0 Å². The van der Waals surface area contributed by atoms with Crippen LogP contribution in [-0.2, 0) is 10.0 Å². The molecule has 1 aromatic carbocycles. The van der Waals surface area contributed by atoms with Crippen LogP contribution in [0.3, 0.4) is 0 Å². The molecule has 8 heteroatoms. The predicted molar refractivity (Wildman–Crippen MR) is 76.9 cm³/mol. The Bertz CT molecular complexity index is 556. The lowest BCUT2D eigenvalue weighted by molar-refractivity contribution is 0.577. The molecular formula is C11H15Cl2N3O2S. The number of rotatable bonds is 6. The number of hydrogen-bond donors (Lipinski definition) is 2. The van der Waals surface area contributed by atoms with Crippen LogP contribution in [0.25, 0.3) is 0 Å². The van der Waals surface area contributed by atoms with Crippen LogP contribution in [0, 0.1) is 11.3 Å². The average molecular weight is 324 g/mol. The molecule has 1 rings (SSSR count). The Kier molecular flexibility index (Phi) is 7.99. The summed E-state index contributed by atoms with van der Waals surface area (Å²) >= 11 is 5.79. The van der Waals surface area contributed by atoms with Gasteiger partial charge in [0.25, 0.3) is 0 Å². The Morgan fingerprint density at radius 2 is 2.05 bits per heavy atom. The molecule has 19 heavy (non-hydrogen) atoms. The molecule has 3 N–H and O–H groups in total. The Balaban J connectivity index is 0.00000324. The lowest BCUT2D eigenvalue weighted by atomic mass is 10.2. The van der Waals surface area contributed by atoms with E-state index >= 15 is 0 Å². The molecule has 0 spiro atoms. The van der Waals surface area contributed by atoms with Crippen molar-refractivity contribution in [2.24, 2.45) is 5.73 Å². The highest BCUT2D eigenvalue weighted by Gasteiger charge is 2.14. The molecule has 0 aromatic heterocycles. The van der Waals surface area contributed by atoms with Crippen molar-refractivity contribution in [2.75, 3.05) is 13.1 Å². The zero-order valence-electron chi connectivity index (χ0n) is 10.1. The molecule has 106 valence electrons. The normalized spacial score (nSPS) is 10.6. The van der Waals surface area contributed by atoms with E-state index in [1.807, 2.05) is 6.07 Å². The zero-order chi connectivity index (χ0) is 13.6. The van der Waals surface area contributed by atoms with Gasteiger partial charge in [-0.3, -0.25) is 0 Å². The van der Waals surface area contributed by atoms with Crippen LogP contribution < -0.4 is 10.5 Å². The first-order chi connectivity index (χ1) is 8.51. The van der Waals surface area contributed by atoms with E-state index in [1.54, 1.807) is 0 Å². The van der Waals surface area contributed by atoms with E-state index in [0.29, 0.717) is 19.5 Å². The van der Waals surface area contributed by atoms with E-state index in [1.165, 1.54) is 18.2 Å². The van der Waals surface area contributed by atoms with Crippen LogP contribution in [-0.4, -0.2) is 21.5 Å². The fourth-order valence-electron chi connectivity index (χ4n) is 1.31. The average Bonchev–Trinajstić information content (AvgIpc) is 2.34. The molecule has 5 nitrogen and oxygen atoms in total. The summed E-state index contributed by atoms with van der Waals surface area (Å²) in [5.74, 6) is 0. The highest BCUT2D eigenvalue weighted by molar-refractivity contribution is 7.89. The fourth-order valence-corrected chi connectivity index (χ4v) is 2.70. The smallest absolute Gasteiger partial charge is 0.240 e. The SMILES string of the molecule is Cl.N#Cc1ccc(S(=O)(=O)NCCCCN)cc1Cl. The number of halogens is 2. The Hall–Kier alpha value is -0.840. The number of nitriles is 1. The van der Waals surface area contributed by atoms with Crippen LogP contribution in [0.2, 0.25) is 5.02 Å². The molecular weight excluding hydrogens is 309 g/mol. The minimum Gasteiger partial charge on any atom is -0.330 e. The standard InChI is InChI=1S/C11H14ClN3O2S.ClH/c12-11-7-10(4-3-9(11)8-14)18(16,17)15-6-2-1-5-13;/h3-4,7,15H,1-2,5-6,13H2;1H. The number of nitrogens with one attached hydrogen (secondary N) is 1. The monoisotopic (exact) mass is 323 g/mol. The van der Waals surface area contributed by atoms with Crippen molar-refractivity contribution in [2.45, 2.75) is 17.7 Å². The molecule has 0 aliphatic carbocycles. The number of hydrogen-bond acceptors (Lipinski definition) is 4. The summed E-state index contributed by atoms with van der Waals surface area (Å²) in [7, 11) is -3.57. The Labute approximate surface area is 124 Å². The first-order valence-corrected chi connectivity index (χ1v) is 7.27. The summed E-state index contributed by atoms with van der Waals surface area (Å²) in [6.45, 7) is 0.863. The summed E-state index contributed by atoms with van der Waals surface area (Å²) in [4.78, 5) is 0.0549. The van der Waals surface area contributed by atoms with Crippen LogP contribution in [0.15, 0.2) is 23.1 Å². The minimum atomic E-state index is -3.57. The van der Waals surface area contributed by atoms with Gasteiger partial charge < -0.3 is 5.73 Å². The molecule has 0 bridgehead atoms. The maximum atomic E-state index is 11.9. The number of nitrogens with two attached hydrogens (primary N) is 1. The molecule has 0 saturated carbocycles. The molecule has 0 atom stereocenters. The summed E-state index contributed by atoms with van der Waals surface area (Å²) in [6, 6.07) is 5.88. The fraction of sp³-hybridized carbons (Fsp3) is 0.364. The van der Waals surface area contributed by atoms with Gasteiger partial charge in [0.1, 0.15) is 6.07 Å². The topological polar surface area (TPSA) is 96.0 Å². The molecule has 0 amide bonds. The van der Waals surface area contributed by atoms with E-state index in [0.717, 1.165) is 6.42 Å². The molecule has 0 aliphatic rings. The molecule has 0 fully saturated rings. The van der Waals surface area contributed by atoms with E-state index in [-0.39, 0.29) is 27.9 Å². The van der Waals surface area contributed by atoms with Crippen molar-refractivity contribution in [3.05, 3.63) is 28.8 Å². The van der Waals surface area contributed by atoms with Crippen LogP contribution in [0.5, 0.6) is 0 Å². The van der Waals surface area contributed by atoms with Gasteiger partial charge in [-0.25, -0.2) is 13.1 Å². The molecule has 0 radical (unpaired) electrons. The van der Waals surface area contributed by atoms with Gasteiger partial charge in [-0.05, 0) is 37.6 Å². The summed E-state index contributed by atoms with van der Waals surface area (Å²) < 4.78 is 26.2. The van der Waals surface area contributed by atoms with E-state index in [9.17, 15) is 8.42 Å².